The number of hydrogen-bond donors (Lipinski definition) is 2. The Bertz CT molecular complexity index is 417. The summed E-state index contributed by atoms with van der Waals surface area (Å²) in [7, 11) is 0. The zero-order valence-corrected chi connectivity index (χ0v) is 18.5. The van der Waals surface area contributed by atoms with Crippen molar-refractivity contribution in [2.24, 2.45) is 10.9 Å². The quantitative estimate of drug-likeness (QED) is 0.338. The molecule has 6 heteroatoms. The Kier molecular flexibility index (Phi) is 11.9. The molecular formula is C22H44N4O2. The fraction of sp³-hybridized carbons (Fsp3) is 0.955. The van der Waals surface area contributed by atoms with E-state index in [4.69, 9.17) is 14.5 Å². The molecule has 1 unspecified atom stereocenters. The molecule has 0 saturated carbocycles. The smallest absolute Gasteiger partial charge is 0.191 e. The maximum Gasteiger partial charge on any atom is 0.191 e. The first kappa shape index (κ1) is 23.4. The molecule has 28 heavy (non-hydrogen) atoms. The molecule has 0 aromatic rings. The molecule has 1 atom stereocenters. The van der Waals surface area contributed by atoms with Gasteiger partial charge in [-0.05, 0) is 58.0 Å². The third-order valence-electron chi connectivity index (χ3n) is 5.80. The van der Waals surface area contributed by atoms with Gasteiger partial charge < -0.3 is 20.1 Å². The fourth-order valence-corrected chi connectivity index (χ4v) is 4.07. The standard InChI is InChI=1S/C22H44N4O2/c1-4-23-22(24-12-9-15-28-20-10-16-27-17-11-20)25-18-21(19(2)3)26-13-7-5-6-8-14-26/h19-21H,4-18H2,1-3H3,(H2,23,24,25). The highest BCUT2D eigenvalue weighted by molar-refractivity contribution is 5.79. The van der Waals surface area contributed by atoms with Gasteiger partial charge in [0.2, 0.25) is 0 Å². The van der Waals surface area contributed by atoms with Crippen molar-refractivity contribution in [1.82, 2.24) is 15.5 Å². The van der Waals surface area contributed by atoms with Gasteiger partial charge >= 0.3 is 0 Å². The third-order valence-corrected chi connectivity index (χ3v) is 5.80. The SMILES string of the molecule is CCNC(=NCC(C(C)C)N1CCCCCC1)NCCCOC1CCOCC1. The lowest BCUT2D eigenvalue weighted by Crippen LogP contribution is -2.44. The largest absolute Gasteiger partial charge is 0.381 e. The van der Waals surface area contributed by atoms with Gasteiger partial charge in [-0.2, -0.15) is 0 Å². The number of likely N-dealkylation sites (tertiary alicyclic amines) is 1. The lowest BCUT2D eigenvalue weighted by atomic mass is 10.0. The average molecular weight is 397 g/mol. The van der Waals surface area contributed by atoms with Crippen molar-refractivity contribution < 1.29 is 9.47 Å². The maximum atomic E-state index is 5.96. The molecule has 0 radical (unpaired) electrons. The molecule has 0 amide bonds. The molecule has 164 valence electrons. The van der Waals surface area contributed by atoms with Gasteiger partial charge in [-0.3, -0.25) is 9.89 Å². The highest BCUT2D eigenvalue weighted by Crippen LogP contribution is 2.17. The maximum absolute atomic E-state index is 5.96. The molecule has 2 heterocycles. The fourth-order valence-electron chi connectivity index (χ4n) is 4.07. The summed E-state index contributed by atoms with van der Waals surface area (Å²) in [6.45, 7) is 14.4. The number of guanidine groups is 1. The summed E-state index contributed by atoms with van der Waals surface area (Å²) in [6.07, 6.45) is 8.87. The Balaban J connectivity index is 1.73. The van der Waals surface area contributed by atoms with Crippen LogP contribution in [0, 0.1) is 5.92 Å². The first-order valence-corrected chi connectivity index (χ1v) is 11.7. The van der Waals surface area contributed by atoms with Crippen molar-refractivity contribution in [3.05, 3.63) is 0 Å². The lowest BCUT2D eigenvalue weighted by Gasteiger charge is -2.32. The summed E-state index contributed by atoms with van der Waals surface area (Å²) in [5.74, 6) is 1.56. The van der Waals surface area contributed by atoms with Crippen LogP contribution in [0.4, 0.5) is 0 Å². The van der Waals surface area contributed by atoms with Crippen LogP contribution in [0.25, 0.3) is 0 Å². The normalized spacial score (nSPS) is 21.5. The van der Waals surface area contributed by atoms with E-state index in [0.717, 1.165) is 64.7 Å². The predicted octanol–water partition coefficient (Wildman–Crippen LogP) is 3.03. The highest BCUT2D eigenvalue weighted by Gasteiger charge is 2.22. The van der Waals surface area contributed by atoms with Crippen LogP contribution < -0.4 is 10.6 Å². The molecule has 0 spiro atoms. The van der Waals surface area contributed by atoms with Crippen molar-refractivity contribution in [3.8, 4) is 0 Å². The van der Waals surface area contributed by atoms with E-state index in [1.54, 1.807) is 0 Å². The second-order valence-electron chi connectivity index (χ2n) is 8.44. The molecule has 0 bridgehead atoms. The van der Waals surface area contributed by atoms with Crippen LogP contribution in [0.1, 0.15) is 65.7 Å². The molecule has 0 aromatic carbocycles. The van der Waals surface area contributed by atoms with E-state index in [9.17, 15) is 0 Å². The van der Waals surface area contributed by atoms with Gasteiger partial charge in [0.1, 0.15) is 0 Å². The van der Waals surface area contributed by atoms with E-state index in [-0.39, 0.29) is 0 Å². The Morgan fingerprint density at radius 3 is 2.46 bits per heavy atom. The zero-order chi connectivity index (χ0) is 20.0. The van der Waals surface area contributed by atoms with Crippen LogP contribution in [-0.4, -0.2) is 75.5 Å². The van der Waals surface area contributed by atoms with Gasteiger partial charge in [-0.15, -0.1) is 0 Å². The topological polar surface area (TPSA) is 58.1 Å². The molecule has 2 fully saturated rings. The Labute approximate surface area is 172 Å². The minimum atomic E-state index is 0.385. The summed E-state index contributed by atoms with van der Waals surface area (Å²) < 4.78 is 11.3. The summed E-state index contributed by atoms with van der Waals surface area (Å²) in [5, 5.41) is 6.88. The number of ether oxygens (including phenoxy) is 2. The van der Waals surface area contributed by atoms with Gasteiger partial charge in [0, 0.05) is 39.0 Å². The minimum Gasteiger partial charge on any atom is -0.381 e. The van der Waals surface area contributed by atoms with Crippen molar-refractivity contribution in [1.29, 1.82) is 0 Å². The predicted molar refractivity (Wildman–Crippen MR) is 117 cm³/mol. The van der Waals surface area contributed by atoms with E-state index in [2.05, 4.69) is 36.3 Å². The van der Waals surface area contributed by atoms with Crippen LogP contribution in [0.15, 0.2) is 4.99 Å². The third kappa shape index (κ3) is 9.10. The van der Waals surface area contributed by atoms with Crippen LogP contribution in [0.2, 0.25) is 0 Å². The Hall–Kier alpha value is -0.850. The Morgan fingerprint density at radius 2 is 1.82 bits per heavy atom. The van der Waals surface area contributed by atoms with E-state index in [0.29, 0.717) is 18.1 Å². The number of hydrogen-bond acceptors (Lipinski definition) is 4. The molecular weight excluding hydrogens is 352 g/mol. The van der Waals surface area contributed by atoms with Crippen LogP contribution >= 0.6 is 0 Å². The summed E-state index contributed by atoms with van der Waals surface area (Å²) in [6, 6.07) is 0.533. The highest BCUT2D eigenvalue weighted by atomic mass is 16.5. The number of aliphatic imine (C=N–C) groups is 1. The van der Waals surface area contributed by atoms with Crippen molar-refractivity contribution in [3.63, 3.8) is 0 Å². The van der Waals surface area contributed by atoms with Gasteiger partial charge in [-0.25, -0.2) is 0 Å². The molecule has 6 nitrogen and oxygen atoms in total. The van der Waals surface area contributed by atoms with Gasteiger partial charge in [0.15, 0.2) is 5.96 Å². The van der Waals surface area contributed by atoms with Crippen molar-refractivity contribution in [2.75, 3.05) is 52.5 Å². The molecule has 2 N–H and O–H groups in total. The van der Waals surface area contributed by atoms with Crippen LogP contribution in [-0.2, 0) is 9.47 Å². The number of nitrogens with zero attached hydrogens (tertiary/aromatic N) is 2. The monoisotopic (exact) mass is 396 g/mol. The second-order valence-corrected chi connectivity index (χ2v) is 8.44. The van der Waals surface area contributed by atoms with Gasteiger partial charge in [0.25, 0.3) is 0 Å². The van der Waals surface area contributed by atoms with E-state index in [1.807, 2.05) is 0 Å². The summed E-state index contributed by atoms with van der Waals surface area (Å²) >= 11 is 0. The Morgan fingerprint density at radius 1 is 1.11 bits per heavy atom. The lowest BCUT2D eigenvalue weighted by molar-refractivity contribution is -0.0320. The summed E-state index contributed by atoms with van der Waals surface area (Å²) in [4.78, 5) is 7.60. The molecule has 2 saturated heterocycles. The number of nitrogens with one attached hydrogen (secondary N) is 2. The molecule has 0 aromatic heterocycles. The molecule has 2 aliphatic rings. The average Bonchev–Trinajstić information content (AvgIpc) is 2.98. The van der Waals surface area contributed by atoms with Crippen LogP contribution in [0.5, 0.6) is 0 Å². The zero-order valence-electron chi connectivity index (χ0n) is 18.5. The van der Waals surface area contributed by atoms with E-state index < -0.39 is 0 Å². The van der Waals surface area contributed by atoms with E-state index in [1.165, 1.54) is 38.8 Å². The molecule has 0 aliphatic carbocycles. The second kappa shape index (κ2) is 14.2. The minimum absolute atomic E-state index is 0.385. The van der Waals surface area contributed by atoms with Crippen LogP contribution in [0.3, 0.4) is 0 Å². The van der Waals surface area contributed by atoms with Crippen molar-refractivity contribution >= 4 is 5.96 Å². The van der Waals surface area contributed by atoms with Crippen molar-refractivity contribution in [2.45, 2.75) is 77.9 Å². The van der Waals surface area contributed by atoms with Gasteiger partial charge in [-0.1, -0.05) is 26.7 Å². The number of rotatable bonds is 10. The first-order chi connectivity index (χ1) is 13.7. The first-order valence-electron chi connectivity index (χ1n) is 11.7. The van der Waals surface area contributed by atoms with Gasteiger partial charge in [0.05, 0.1) is 12.6 Å². The summed E-state index contributed by atoms with van der Waals surface area (Å²) in [5.41, 5.74) is 0. The molecule has 2 aliphatic heterocycles. The van der Waals surface area contributed by atoms with E-state index >= 15 is 0 Å². The molecule has 2 rings (SSSR count).